The van der Waals surface area contributed by atoms with Gasteiger partial charge in [-0.15, -0.1) is 0 Å². The smallest absolute Gasteiger partial charge is 0.323 e. The van der Waals surface area contributed by atoms with Gasteiger partial charge >= 0.3 is 11.9 Å². The predicted molar refractivity (Wildman–Crippen MR) is 154 cm³/mol. The minimum Gasteiger partial charge on any atom is -0.494 e. The Morgan fingerprint density at radius 1 is 0.923 bits per heavy atom. The number of carbonyl (C=O) groups is 2. The number of halogens is 1. The van der Waals surface area contributed by atoms with Crippen molar-refractivity contribution in [2.24, 2.45) is 5.41 Å². The Kier molecular flexibility index (Phi) is 11.6. The van der Waals surface area contributed by atoms with E-state index >= 15 is 0 Å². The Bertz CT molecular complexity index is 1250. The van der Waals surface area contributed by atoms with Gasteiger partial charge in [0.05, 0.1) is 18.1 Å². The Labute approximate surface area is 239 Å². The van der Waals surface area contributed by atoms with Crippen LogP contribution in [0.4, 0.5) is 0 Å². The van der Waals surface area contributed by atoms with Crippen LogP contribution in [0.15, 0.2) is 76.5 Å². The fourth-order valence-electron chi connectivity index (χ4n) is 4.27. The average molecular weight is 571 g/mol. The summed E-state index contributed by atoms with van der Waals surface area (Å²) in [5.74, 6) is -0.384. The fourth-order valence-corrected chi connectivity index (χ4v) is 5.58. The molecule has 0 saturated carbocycles. The second-order valence-corrected chi connectivity index (χ2v) is 10.6. The lowest BCUT2D eigenvalue weighted by molar-refractivity contribution is -0.169. The lowest BCUT2D eigenvalue weighted by Gasteiger charge is -2.27. The molecule has 3 aromatic rings. The van der Waals surface area contributed by atoms with Gasteiger partial charge in [-0.1, -0.05) is 73.1 Å². The molecule has 1 N–H and O–H groups in total. The van der Waals surface area contributed by atoms with Crippen LogP contribution in [0.25, 0.3) is 0 Å². The lowest BCUT2D eigenvalue weighted by atomic mass is 9.78. The number of hydrogen-bond acceptors (Lipinski definition) is 6. The predicted octanol–water partition coefficient (Wildman–Crippen LogP) is 7.84. The number of carbonyl (C=O) groups excluding carboxylic acids is 1. The third-order valence-corrected chi connectivity index (χ3v) is 7.67. The molecule has 0 spiro atoms. The van der Waals surface area contributed by atoms with Crippen molar-refractivity contribution in [2.75, 3.05) is 13.2 Å². The van der Waals surface area contributed by atoms with Gasteiger partial charge in [0.1, 0.15) is 18.1 Å². The highest BCUT2D eigenvalue weighted by Crippen LogP contribution is 2.40. The maximum Gasteiger partial charge on any atom is 0.323 e. The number of carboxylic acids is 1. The largest absolute Gasteiger partial charge is 0.494 e. The molecule has 39 heavy (non-hydrogen) atoms. The number of aryl methyl sites for hydroxylation is 1. The van der Waals surface area contributed by atoms with Crippen molar-refractivity contribution in [3.05, 3.63) is 82.9 Å². The van der Waals surface area contributed by atoms with Crippen LogP contribution >= 0.6 is 23.4 Å². The number of esters is 1. The molecule has 0 amide bonds. The molecule has 0 aliphatic carbocycles. The molecule has 0 radical (unpaired) electrons. The monoisotopic (exact) mass is 570 g/mol. The van der Waals surface area contributed by atoms with E-state index in [0.29, 0.717) is 31.1 Å². The Hall–Kier alpha value is -3.16. The highest BCUT2D eigenvalue weighted by atomic mass is 35.5. The van der Waals surface area contributed by atoms with Crippen LogP contribution in [0.1, 0.15) is 51.2 Å². The summed E-state index contributed by atoms with van der Waals surface area (Å²) >= 11 is 8.15. The number of hydrogen-bond donors (Lipinski definition) is 1. The van der Waals surface area contributed by atoms with E-state index in [1.807, 2.05) is 80.6 Å². The van der Waals surface area contributed by atoms with Gasteiger partial charge in [-0.3, -0.25) is 9.59 Å². The van der Waals surface area contributed by atoms with Crippen molar-refractivity contribution < 1.29 is 28.9 Å². The van der Waals surface area contributed by atoms with Gasteiger partial charge in [-0.2, -0.15) is 0 Å². The van der Waals surface area contributed by atoms with Crippen molar-refractivity contribution in [2.45, 2.75) is 62.9 Å². The van der Waals surface area contributed by atoms with Crippen LogP contribution in [0.2, 0.25) is 5.02 Å². The summed E-state index contributed by atoms with van der Waals surface area (Å²) in [4.78, 5) is 26.6. The van der Waals surface area contributed by atoms with E-state index in [0.717, 1.165) is 32.4 Å². The van der Waals surface area contributed by atoms with E-state index in [1.54, 1.807) is 6.92 Å². The van der Waals surface area contributed by atoms with Gasteiger partial charge in [0.25, 0.3) is 0 Å². The highest BCUT2D eigenvalue weighted by Gasteiger charge is 2.46. The Morgan fingerprint density at radius 3 is 2.33 bits per heavy atom. The summed E-state index contributed by atoms with van der Waals surface area (Å²) in [6, 6.07) is 21.4. The topological polar surface area (TPSA) is 82.1 Å². The van der Waals surface area contributed by atoms with Crippen LogP contribution in [0, 0.1) is 5.41 Å². The van der Waals surface area contributed by atoms with E-state index in [-0.39, 0.29) is 19.4 Å². The van der Waals surface area contributed by atoms with Crippen molar-refractivity contribution in [3.63, 3.8) is 0 Å². The summed E-state index contributed by atoms with van der Waals surface area (Å²) in [6.45, 7) is 6.58. The maximum atomic E-state index is 12.6. The fraction of sp³-hybridized carbons (Fsp3) is 0.355. The van der Waals surface area contributed by atoms with Gasteiger partial charge in [0.2, 0.25) is 0 Å². The highest BCUT2D eigenvalue weighted by molar-refractivity contribution is 7.99. The molecular formula is C31H35ClO6S. The van der Waals surface area contributed by atoms with E-state index in [4.69, 9.17) is 25.8 Å². The van der Waals surface area contributed by atoms with E-state index in [9.17, 15) is 14.7 Å². The van der Waals surface area contributed by atoms with Gasteiger partial charge in [-0.05, 0) is 74.6 Å². The third kappa shape index (κ3) is 8.16. The molecule has 1 unspecified atom stereocenters. The van der Waals surface area contributed by atoms with Gasteiger partial charge < -0.3 is 19.3 Å². The van der Waals surface area contributed by atoms with Crippen LogP contribution in [-0.4, -0.2) is 30.3 Å². The molecule has 0 bridgehead atoms. The molecule has 208 valence electrons. The molecule has 0 saturated heterocycles. The summed E-state index contributed by atoms with van der Waals surface area (Å²) in [5, 5.41) is 10.5. The number of carboxylic acid groups (broad SMARTS) is 1. The first-order valence-corrected chi connectivity index (χ1v) is 14.3. The zero-order valence-electron chi connectivity index (χ0n) is 22.6. The molecule has 3 aromatic carbocycles. The van der Waals surface area contributed by atoms with Gasteiger partial charge in [0.15, 0.2) is 5.41 Å². The number of benzene rings is 3. The van der Waals surface area contributed by atoms with Crippen molar-refractivity contribution in [3.8, 4) is 11.5 Å². The van der Waals surface area contributed by atoms with Crippen LogP contribution in [0.5, 0.6) is 11.5 Å². The second kappa shape index (κ2) is 14.8. The summed E-state index contributed by atoms with van der Waals surface area (Å²) in [5.41, 5.74) is 0.250. The molecule has 3 rings (SSSR count). The van der Waals surface area contributed by atoms with Crippen LogP contribution in [-0.2, 0) is 27.4 Å². The first-order valence-electron chi connectivity index (χ1n) is 13.1. The minimum absolute atomic E-state index is 0.106. The molecule has 6 nitrogen and oxygen atoms in total. The zero-order valence-corrected chi connectivity index (χ0v) is 24.1. The first-order chi connectivity index (χ1) is 18.8. The summed E-state index contributed by atoms with van der Waals surface area (Å²) in [7, 11) is 0. The number of aliphatic carboxylic acids is 1. The van der Waals surface area contributed by atoms with Crippen LogP contribution < -0.4 is 9.47 Å². The van der Waals surface area contributed by atoms with E-state index < -0.39 is 17.4 Å². The molecule has 0 aliphatic heterocycles. The van der Waals surface area contributed by atoms with Crippen molar-refractivity contribution >= 4 is 35.3 Å². The molecule has 1 atom stereocenters. The summed E-state index contributed by atoms with van der Waals surface area (Å²) < 4.78 is 17.0. The SMILES string of the molecule is CCCC(CCc1ccc(Sc2cc(OCC)ccc2OCc2ccccc2)cc1Cl)(C(=O)O)C(=O)OCC. The molecule has 0 aliphatic rings. The average Bonchev–Trinajstić information content (AvgIpc) is 2.92. The Morgan fingerprint density at radius 2 is 1.69 bits per heavy atom. The lowest BCUT2D eigenvalue weighted by Crippen LogP contribution is -2.41. The minimum atomic E-state index is -1.59. The van der Waals surface area contributed by atoms with E-state index in [1.165, 1.54) is 11.8 Å². The first kappa shape index (κ1) is 30.4. The molecular weight excluding hydrogens is 536 g/mol. The van der Waals surface area contributed by atoms with Crippen molar-refractivity contribution in [1.29, 1.82) is 0 Å². The van der Waals surface area contributed by atoms with E-state index in [2.05, 4.69) is 0 Å². The van der Waals surface area contributed by atoms with Gasteiger partial charge in [-0.25, -0.2) is 0 Å². The molecule has 8 heteroatoms. The number of rotatable bonds is 15. The maximum absolute atomic E-state index is 12.6. The molecule has 0 aromatic heterocycles. The quantitative estimate of drug-likeness (QED) is 0.147. The molecule has 0 heterocycles. The zero-order chi connectivity index (χ0) is 28.3. The third-order valence-electron chi connectivity index (χ3n) is 6.29. The van der Waals surface area contributed by atoms with Crippen LogP contribution in [0.3, 0.4) is 0 Å². The molecule has 0 fully saturated rings. The second-order valence-electron chi connectivity index (χ2n) is 9.03. The standard InChI is InChI=1S/C31H35ClO6S/c1-4-17-31(29(33)34,30(35)37-6-3)18-16-23-12-14-25(20-26(23)32)39-28-19-24(36-5-2)13-15-27(28)38-21-22-10-8-7-9-11-22/h7-15,19-20H,4-6,16-18,21H2,1-3H3,(H,33,34). The normalized spacial score (nSPS) is 12.4. The summed E-state index contributed by atoms with van der Waals surface area (Å²) in [6.07, 6.45) is 1.19. The van der Waals surface area contributed by atoms with Gasteiger partial charge in [0, 0.05) is 9.92 Å². The Balaban J connectivity index is 1.79. The number of ether oxygens (including phenoxy) is 3. The van der Waals surface area contributed by atoms with Crippen molar-refractivity contribution in [1.82, 2.24) is 0 Å².